The van der Waals surface area contributed by atoms with E-state index in [2.05, 4.69) is 40.0 Å². The van der Waals surface area contributed by atoms with Crippen LogP contribution in [0.5, 0.6) is 0 Å². The summed E-state index contributed by atoms with van der Waals surface area (Å²) in [5, 5.41) is 0.875. The van der Waals surface area contributed by atoms with E-state index in [0.29, 0.717) is 12.0 Å². The van der Waals surface area contributed by atoms with Crippen molar-refractivity contribution in [2.24, 2.45) is 0 Å². The second-order valence-corrected chi connectivity index (χ2v) is 8.67. The van der Waals surface area contributed by atoms with E-state index >= 15 is 0 Å². The highest BCUT2D eigenvalue weighted by atomic mass is 32.1. The zero-order valence-corrected chi connectivity index (χ0v) is 16.7. The van der Waals surface area contributed by atoms with Crippen molar-refractivity contribution in [3.8, 4) is 0 Å². The van der Waals surface area contributed by atoms with Crippen LogP contribution >= 0.6 is 11.3 Å². The van der Waals surface area contributed by atoms with Gasteiger partial charge in [-0.2, -0.15) is 0 Å². The predicted octanol–water partition coefficient (Wildman–Crippen LogP) is 3.89. The van der Waals surface area contributed by atoms with E-state index in [1.165, 1.54) is 0 Å². The maximum Gasteiger partial charge on any atom is 0.339 e. The zero-order valence-electron chi connectivity index (χ0n) is 15.9. The van der Waals surface area contributed by atoms with Crippen molar-refractivity contribution >= 4 is 33.2 Å². The molecule has 5 nitrogen and oxygen atoms in total. The predicted molar refractivity (Wildman–Crippen MR) is 112 cm³/mol. The van der Waals surface area contributed by atoms with Crippen LogP contribution in [0.3, 0.4) is 0 Å². The van der Waals surface area contributed by atoms with Gasteiger partial charge in [-0.05, 0) is 49.8 Å². The minimum atomic E-state index is -0.296. The van der Waals surface area contributed by atoms with Gasteiger partial charge in [0.25, 0.3) is 0 Å². The summed E-state index contributed by atoms with van der Waals surface area (Å²) in [5.74, 6) is -0.237. The molecule has 2 aliphatic rings. The van der Waals surface area contributed by atoms with Crippen molar-refractivity contribution < 1.29 is 9.53 Å². The van der Waals surface area contributed by atoms with Crippen LogP contribution in [0.25, 0.3) is 10.2 Å². The topological polar surface area (TPSA) is 45.7 Å². The Hall–Kier alpha value is -2.44. The van der Waals surface area contributed by atoms with Gasteiger partial charge in [-0.1, -0.05) is 18.2 Å². The summed E-state index contributed by atoms with van der Waals surface area (Å²) in [4.78, 5) is 22.2. The summed E-state index contributed by atoms with van der Waals surface area (Å²) in [6, 6.07) is 14.3. The minimum absolute atomic E-state index is 0.237. The molecule has 0 radical (unpaired) electrons. The molecule has 1 saturated heterocycles. The van der Waals surface area contributed by atoms with Crippen LogP contribution in [0.15, 0.2) is 42.5 Å². The van der Waals surface area contributed by atoms with E-state index in [1.54, 1.807) is 11.3 Å². The zero-order chi connectivity index (χ0) is 19.1. The number of cyclic esters (lactones) is 1. The van der Waals surface area contributed by atoms with Gasteiger partial charge in [0.1, 0.15) is 5.01 Å². The van der Waals surface area contributed by atoms with Crippen molar-refractivity contribution in [1.29, 1.82) is 0 Å². The quantitative estimate of drug-likeness (QED) is 0.618. The van der Waals surface area contributed by atoms with Gasteiger partial charge in [-0.15, -0.1) is 11.3 Å². The molecular formula is C22H23N3O2S. The van der Waals surface area contributed by atoms with Gasteiger partial charge in [0, 0.05) is 31.7 Å². The first-order valence-corrected chi connectivity index (χ1v) is 10.6. The van der Waals surface area contributed by atoms with Crippen molar-refractivity contribution in [3.63, 3.8) is 0 Å². The molecule has 0 saturated carbocycles. The second kappa shape index (κ2) is 7.18. The van der Waals surface area contributed by atoms with Crippen LogP contribution in [-0.2, 0) is 11.2 Å². The number of nitrogens with zero attached hydrogens (tertiary/aromatic N) is 3. The number of para-hydroxylation sites is 1. The first kappa shape index (κ1) is 17.6. The lowest BCUT2D eigenvalue weighted by Crippen LogP contribution is -2.29. The Balaban J connectivity index is 1.41. The largest absolute Gasteiger partial charge is 0.451 e. The molecule has 0 bridgehead atoms. The lowest BCUT2D eigenvalue weighted by Gasteiger charge is -2.27. The summed E-state index contributed by atoms with van der Waals surface area (Å²) in [6.07, 6.45) is 1.52. The maximum atomic E-state index is 12.8. The monoisotopic (exact) mass is 393 g/mol. The number of thiazole rings is 1. The van der Waals surface area contributed by atoms with Gasteiger partial charge in [0.05, 0.1) is 15.8 Å². The van der Waals surface area contributed by atoms with Crippen molar-refractivity contribution in [2.75, 3.05) is 38.1 Å². The molecule has 0 spiro atoms. The molecule has 1 aromatic heterocycles. The summed E-state index contributed by atoms with van der Waals surface area (Å²) < 4.78 is 6.92. The number of carbonyl (C=O) groups is 1. The number of anilines is 1. The van der Waals surface area contributed by atoms with Crippen molar-refractivity contribution in [1.82, 2.24) is 9.88 Å². The number of benzene rings is 2. The summed E-state index contributed by atoms with van der Waals surface area (Å²) >= 11 is 1.61. The molecule has 3 aromatic rings. The Bertz CT molecular complexity index is 999. The first-order chi connectivity index (χ1) is 13.7. The fourth-order valence-corrected chi connectivity index (χ4v) is 5.03. The molecule has 6 heteroatoms. The number of likely N-dealkylation sites (N-methyl/N-ethyl adjacent to an activating group) is 1. The summed E-state index contributed by atoms with van der Waals surface area (Å²) in [6.45, 7) is 4.17. The van der Waals surface area contributed by atoms with E-state index in [-0.39, 0.29) is 12.1 Å². The summed E-state index contributed by atoms with van der Waals surface area (Å²) in [7, 11) is 2.16. The van der Waals surface area contributed by atoms with Crippen LogP contribution < -0.4 is 4.90 Å². The standard InChI is InChI=1S/C22H23N3O2S/c1-24-9-4-10-25(12-11-24)16-8-7-15-13-19(27-22(26)17(15)14-16)21-23-18-5-2-3-6-20(18)28-21/h2-3,5-8,14,19H,4,9-13H2,1H3. The van der Waals surface area contributed by atoms with E-state index < -0.39 is 0 Å². The molecule has 0 N–H and O–H groups in total. The van der Waals surface area contributed by atoms with Crippen LogP contribution in [-0.4, -0.2) is 49.1 Å². The van der Waals surface area contributed by atoms with E-state index in [9.17, 15) is 4.79 Å². The van der Waals surface area contributed by atoms with Crippen molar-refractivity contribution in [3.05, 3.63) is 58.6 Å². The molecule has 1 unspecified atom stereocenters. The fourth-order valence-electron chi connectivity index (χ4n) is 4.03. The molecule has 28 heavy (non-hydrogen) atoms. The molecule has 5 rings (SSSR count). The molecule has 1 fully saturated rings. The van der Waals surface area contributed by atoms with E-state index in [1.807, 2.05) is 24.3 Å². The highest BCUT2D eigenvalue weighted by Gasteiger charge is 2.30. The first-order valence-electron chi connectivity index (χ1n) is 9.80. The Morgan fingerprint density at radius 3 is 2.89 bits per heavy atom. The van der Waals surface area contributed by atoms with Gasteiger partial charge in [0.2, 0.25) is 0 Å². The van der Waals surface area contributed by atoms with Gasteiger partial charge >= 0.3 is 5.97 Å². The molecular weight excluding hydrogens is 370 g/mol. The Kier molecular flexibility index (Phi) is 4.53. The number of carbonyl (C=O) groups excluding carboxylic acids is 1. The normalized spacial score (nSPS) is 20.7. The van der Waals surface area contributed by atoms with Gasteiger partial charge in [-0.25, -0.2) is 9.78 Å². The average molecular weight is 394 g/mol. The number of hydrogen-bond acceptors (Lipinski definition) is 6. The Labute approximate surface area is 168 Å². The number of hydrogen-bond donors (Lipinski definition) is 0. The molecule has 0 amide bonds. The average Bonchev–Trinajstić information content (AvgIpc) is 3.03. The number of fused-ring (bicyclic) bond motifs is 2. The van der Waals surface area contributed by atoms with Crippen LogP contribution in [0, 0.1) is 0 Å². The van der Waals surface area contributed by atoms with Gasteiger partial charge < -0.3 is 14.5 Å². The molecule has 144 valence electrons. The fraction of sp³-hybridized carbons (Fsp3) is 0.364. The Morgan fingerprint density at radius 2 is 2.00 bits per heavy atom. The van der Waals surface area contributed by atoms with Gasteiger partial charge in [0.15, 0.2) is 6.10 Å². The van der Waals surface area contributed by atoms with Crippen molar-refractivity contribution in [2.45, 2.75) is 18.9 Å². The number of rotatable bonds is 2. The number of esters is 1. The van der Waals surface area contributed by atoms with Crippen LogP contribution in [0.4, 0.5) is 5.69 Å². The molecule has 0 aliphatic carbocycles. The lowest BCUT2D eigenvalue weighted by atomic mass is 9.97. The van der Waals surface area contributed by atoms with Crippen LogP contribution in [0.2, 0.25) is 0 Å². The summed E-state index contributed by atoms with van der Waals surface area (Å²) in [5.41, 5.74) is 3.83. The number of aromatic nitrogens is 1. The lowest BCUT2D eigenvalue weighted by molar-refractivity contribution is 0.0253. The molecule has 2 aromatic carbocycles. The van der Waals surface area contributed by atoms with Gasteiger partial charge in [-0.3, -0.25) is 0 Å². The third-order valence-electron chi connectivity index (χ3n) is 5.64. The van der Waals surface area contributed by atoms with E-state index in [0.717, 1.165) is 59.1 Å². The third kappa shape index (κ3) is 3.27. The number of ether oxygens (including phenoxy) is 1. The highest BCUT2D eigenvalue weighted by Crippen LogP contribution is 2.36. The maximum absolute atomic E-state index is 12.8. The molecule has 2 aliphatic heterocycles. The minimum Gasteiger partial charge on any atom is -0.451 e. The molecule has 3 heterocycles. The SMILES string of the molecule is CN1CCCN(c2ccc3c(c2)C(=O)OC(c2nc4ccccc4s2)C3)CC1. The third-order valence-corrected chi connectivity index (χ3v) is 6.77. The second-order valence-electron chi connectivity index (χ2n) is 7.60. The molecule has 1 atom stereocenters. The smallest absolute Gasteiger partial charge is 0.339 e. The highest BCUT2D eigenvalue weighted by molar-refractivity contribution is 7.18. The Morgan fingerprint density at radius 1 is 1.11 bits per heavy atom. The van der Waals surface area contributed by atoms with Crippen LogP contribution in [0.1, 0.15) is 33.5 Å². The van der Waals surface area contributed by atoms with E-state index in [4.69, 9.17) is 4.74 Å².